The van der Waals surface area contributed by atoms with E-state index in [-0.39, 0.29) is 5.41 Å². The van der Waals surface area contributed by atoms with E-state index in [0.29, 0.717) is 23.4 Å². The minimum atomic E-state index is -0.347. The summed E-state index contributed by atoms with van der Waals surface area (Å²) in [6.07, 6.45) is 5.85. The Bertz CT molecular complexity index is 4340. The molecule has 4 aliphatic rings. The standard InChI is InChI=1S/C70H45N3/c1-70(2)61-37-42(69-72-67(40-17-5-3-6-18-40)71-68(73-69)41-19-7-4-8-20-41)31-32-47(61)58-38-59-60(39-62(58)70)66(57-36-34-55-46-24-12-10-22-44(46)49-28-16-30-53(57)64(49)55)51-26-14-13-25-50(51)65(59)56-35-33-54-45-23-11-9-21-43(45)48-27-15-29-52(56)63(48)54/h3-26,28-39,48H,27H2,1-2H3. The van der Waals surface area contributed by atoms with Crippen LogP contribution in [0, 0.1) is 0 Å². The van der Waals surface area contributed by atoms with Gasteiger partial charge in [0.25, 0.3) is 0 Å². The van der Waals surface area contributed by atoms with Crippen LogP contribution in [0.15, 0.2) is 212 Å². The highest BCUT2D eigenvalue weighted by atomic mass is 15.0. The summed E-state index contributed by atoms with van der Waals surface area (Å²) in [5.74, 6) is 2.34. The third kappa shape index (κ3) is 5.68. The largest absolute Gasteiger partial charge is 0.208 e. The number of rotatable bonds is 5. The molecule has 3 nitrogen and oxygen atoms in total. The SMILES string of the molecule is CC1(C)c2cc(-c3nc(-c4ccccc4)nc(-c4ccccc4)n3)ccc2-c2cc3c(-c4ccc5c6c4C=CCC6c4ccccc4-5)c4ccccc4c(-c4ccc5c6c(cccc46)-c4ccccc4-5)c3cc21. The van der Waals surface area contributed by atoms with E-state index >= 15 is 0 Å². The molecular weight excluding hydrogens is 883 g/mol. The summed E-state index contributed by atoms with van der Waals surface area (Å²) in [4.78, 5) is 15.4. The fourth-order valence-electron chi connectivity index (χ4n) is 13.5. The van der Waals surface area contributed by atoms with Gasteiger partial charge in [0.05, 0.1) is 0 Å². The van der Waals surface area contributed by atoms with Crippen LogP contribution in [0.2, 0.25) is 0 Å². The van der Waals surface area contributed by atoms with E-state index in [1.807, 2.05) is 36.4 Å². The lowest BCUT2D eigenvalue weighted by molar-refractivity contribution is 0.661. The Kier molecular flexibility index (Phi) is 8.35. The quantitative estimate of drug-likeness (QED) is 0.161. The summed E-state index contributed by atoms with van der Waals surface area (Å²) >= 11 is 0. The number of aromatic nitrogens is 3. The van der Waals surface area contributed by atoms with Crippen molar-refractivity contribution < 1.29 is 0 Å². The normalized spacial score (nSPS) is 14.8. The molecule has 0 saturated heterocycles. The smallest absolute Gasteiger partial charge is 0.164 e. The molecule has 0 aliphatic heterocycles. The van der Waals surface area contributed by atoms with Crippen molar-refractivity contribution in [3.05, 3.63) is 240 Å². The van der Waals surface area contributed by atoms with Crippen LogP contribution < -0.4 is 0 Å². The first-order valence-corrected chi connectivity index (χ1v) is 25.6. The lowest BCUT2D eigenvalue weighted by atomic mass is 9.77. The van der Waals surface area contributed by atoms with Crippen LogP contribution in [-0.4, -0.2) is 15.0 Å². The average Bonchev–Trinajstić information content (AvgIpc) is 4.07. The van der Waals surface area contributed by atoms with Gasteiger partial charge in [-0.2, -0.15) is 0 Å². The molecule has 0 fully saturated rings. The van der Waals surface area contributed by atoms with Gasteiger partial charge < -0.3 is 0 Å². The first-order valence-electron chi connectivity index (χ1n) is 25.6. The summed E-state index contributed by atoms with van der Waals surface area (Å²) in [5, 5.41) is 7.71. The molecule has 340 valence electrons. The fraction of sp³-hybridized carbons (Fsp3) is 0.0714. The van der Waals surface area contributed by atoms with Crippen molar-refractivity contribution >= 4 is 38.4 Å². The third-order valence-corrected chi connectivity index (χ3v) is 16.8. The Balaban J connectivity index is 0.967. The molecule has 12 aromatic rings. The number of hydrogen-bond acceptors (Lipinski definition) is 3. The van der Waals surface area contributed by atoms with Crippen molar-refractivity contribution in [3.63, 3.8) is 0 Å². The lowest BCUT2D eigenvalue weighted by Gasteiger charge is -2.26. The van der Waals surface area contributed by atoms with Crippen molar-refractivity contribution in [2.75, 3.05) is 0 Å². The molecule has 1 atom stereocenters. The van der Waals surface area contributed by atoms with E-state index < -0.39 is 0 Å². The van der Waals surface area contributed by atoms with Crippen LogP contribution in [0.5, 0.6) is 0 Å². The van der Waals surface area contributed by atoms with Gasteiger partial charge in [-0.3, -0.25) is 0 Å². The van der Waals surface area contributed by atoms with Gasteiger partial charge >= 0.3 is 0 Å². The van der Waals surface area contributed by atoms with Gasteiger partial charge in [0.2, 0.25) is 0 Å². The minimum Gasteiger partial charge on any atom is -0.208 e. The molecule has 73 heavy (non-hydrogen) atoms. The minimum absolute atomic E-state index is 0.347. The Morgan fingerprint density at radius 3 is 1.62 bits per heavy atom. The van der Waals surface area contributed by atoms with E-state index in [0.717, 1.165) is 23.1 Å². The fourth-order valence-corrected chi connectivity index (χ4v) is 13.5. The Hall–Kier alpha value is -9.05. The van der Waals surface area contributed by atoms with E-state index in [2.05, 4.69) is 196 Å². The maximum absolute atomic E-state index is 5.18. The second-order valence-corrected chi connectivity index (χ2v) is 20.9. The second kappa shape index (κ2) is 15.0. The van der Waals surface area contributed by atoms with Crippen molar-refractivity contribution in [2.24, 2.45) is 0 Å². The predicted octanol–water partition coefficient (Wildman–Crippen LogP) is 18.1. The third-order valence-electron chi connectivity index (χ3n) is 16.8. The van der Waals surface area contributed by atoms with Gasteiger partial charge in [0, 0.05) is 28.0 Å². The molecule has 0 amide bonds. The van der Waals surface area contributed by atoms with Crippen LogP contribution in [0.4, 0.5) is 0 Å². The second-order valence-electron chi connectivity index (χ2n) is 20.9. The molecule has 1 unspecified atom stereocenters. The topological polar surface area (TPSA) is 38.7 Å². The average molecular weight is 928 g/mol. The van der Waals surface area contributed by atoms with Gasteiger partial charge in [-0.05, 0) is 152 Å². The predicted molar refractivity (Wildman–Crippen MR) is 302 cm³/mol. The summed E-state index contributed by atoms with van der Waals surface area (Å²) in [6.45, 7) is 4.80. The van der Waals surface area contributed by atoms with Crippen molar-refractivity contribution in [3.8, 4) is 101 Å². The number of allylic oxidation sites excluding steroid dienone is 1. The molecule has 16 rings (SSSR count). The molecule has 1 aromatic heterocycles. The zero-order valence-corrected chi connectivity index (χ0v) is 40.4. The monoisotopic (exact) mass is 927 g/mol. The van der Waals surface area contributed by atoms with Crippen LogP contribution in [0.1, 0.15) is 54.0 Å². The Morgan fingerprint density at radius 1 is 0.370 bits per heavy atom. The summed E-state index contributed by atoms with van der Waals surface area (Å²) in [5.41, 5.74) is 25.1. The van der Waals surface area contributed by atoms with E-state index in [1.165, 1.54) is 127 Å². The van der Waals surface area contributed by atoms with Gasteiger partial charge in [-0.1, -0.05) is 214 Å². The zero-order chi connectivity index (χ0) is 48.1. The van der Waals surface area contributed by atoms with Gasteiger partial charge in [0.15, 0.2) is 17.5 Å². The highest BCUT2D eigenvalue weighted by Crippen LogP contribution is 2.58. The summed E-state index contributed by atoms with van der Waals surface area (Å²) < 4.78 is 0. The molecule has 4 aliphatic carbocycles. The van der Waals surface area contributed by atoms with Crippen LogP contribution in [0.3, 0.4) is 0 Å². The van der Waals surface area contributed by atoms with Crippen LogP contribution in [-0.2, 0) is 5.41 Å². The first kappa shape index (κ1) is 40.7. The van der Waals surface area contributed by atoms with Crippen molar-refractivity contribution in [1.29, 1.82) is 0 Å². The molecule has 11 aromatic carbocycles. The van der Waals surface area contributed by atoms with Gasteiger partial charge in [-0.15, -0.1) is 0 Å². The molecule has 1 heterocycles. The highest BCUT2D eigenvalue weighted by molar-refractivity contribution is 6.27. The molecule has 0 spiro atoms. The number of fused-ring (bicyclic) bond motifs is 11. The molecule has 0 saturated carbocycles. The highest BCUT2D eigenvalue weighted by Gasteiger charge is 2.38. The number of benzene rings is 11. The molecule has 3 heteroatoms. The van der Waals surface area contributed by atoms with Gasteiger partial charge in [0.1, 0.15) is 0 Å². The van der Waals surface area contributed by atoms with Crippen molar-refractivity contribution in [2.45, 2.75) is 31.6 Å². The van der Waals surface area contributed by atoms with Crippen LogP contribution in [0.25, 0.3) is 139 Å². The maximum atomic E-state index is 5.18. The van der Waals surface area contributed by atoms with E-state index in [9.17, 15) is 0 Å². The molecule has 0 radical (unpaired) electrons. The summed E-state index contributed by atoms with van der Waals surface area (Å²) in [6, 6.07) is 76.3. The molecular formula is C70H45N3. The van der Waals surface area contributed by atoms with E-state index in [1.54, 1.807) is 0 Å². The first-order chi connectivity index (χ1) is 36.0. The van der Waals surface area contributed by atoms with Crippen molar-refractivity contribution in [1.82, 2.24) is 15.0 Å². The maximum Gasteiger partial charge on any atom is 0.164 e. The number of nitrogens with zero attached hydrogens (tertiary/aromatic N) is 3. The zero-order valence-electron chi connectivity index (χ0n) is 40.4. The lowest BCUT2D eigenvalue weighted by Crippen LogP contribution is -2.15. The summed E-state index contributed by atoms with van der Waals surface area (Å²) in [7, 11) is 0. The van der Waals surface area contributed by atoms with Gasteiger partial charge in [-0.25, -0.2) is 15.0 Å². The van der Waals surface area contributed by atoms with Crippen LogP contribution >= 0.6 is 0 Å². The van der Waals surface area contributed by atoms with E-state index in [4.69, 9.17) is 15.0 Å². The Morgan fingerprint density at radius 2 is 0.890 bits per heavy atom. The molecule has 0 bridgehead atoms. The molecule has 0 N–H and O–H groups in total. The number of hydrogen-bond donors (Lipinski definition) is 0. The Labute approximate surface area is 423 Å².